The van der Waals surface area contributed by atoms with Crippen LogP contribution in [0.1, 0.15) is 16.7 Å². The maximum absolute atomic E-state index is 11.8. The molecule has 0 atom stereocenters. The molecule has 0 unspecified atom stereocenters. The minimum Gasteiger partial charge on any atom is -0.455 e. The molecule has 0 heterocycles. The Balaban J connectivity index is 1.71. The molecule has 0 aliphatic carbocycles. The van der Waals surface area contributed by atoms with E-state index in [1.165, 1.54) is 22.9 Å². The highest BCUT2D eigenvalue weighted by atomic mass is 35.5. The van der Waals surface area contributed by atoms with Gasteiger partial charge in [0.15, 0.2) is 6.61 Å². The highest BCUT2D eigenvalue weighted by molar-refractivity contribution is 8.00. The third kappa shape index (κ3) is 6.56. The molecule has 4 nitrogen and oxygen atoms in total. The Labute approximate surface area is 167 Å². The molecule has 2 rings (SSSR count). The molecule has 0 spiro atoms. The minimum atomic E-state index is -0.437. The predicted octanol–water partition coefficient (Wildman–Crippen LogP) is 4.56. The molecule has 0 aliphatic heterocycles. The fourth-order valence-corrected chi connectivity index (χ4v) is 3.31. The highest BCUT2D eigenvalue weighted by Crippen LogP contribution is 2.21. The molecule has 1 N–H and O–H groups in total. The number of rotatable bonds is 7. The maximum Gasteiger partial charge on any atom is 0.316 e. The Bertz CT molecular complexity index is 811. The fourth-order valence-electron chi connectivity index (χ4n) is 2.04. The van der Waals surface area contributed by atoms with E-state index in [1.807, 2.05) is 32.0 Å². The van der Waals surface area contributed by atoms with E-state index in [9.17, 15) is 9.59 Å². The third-order valence-electron chi connectivity index (χ3n) is 3.69. The van der Waals surface area contributed by atoms with Gasteiger partial charge >= 0.3 is 5.97 Å². The first-order valence-corrected chi connectivity index (χ1v) is 9.65. The van der Waals surface area contributed by atoms with Crippen LogP contribution in [-0.2, 0) is 20.9 Å². The molecule has 0 fully saturated rings. The van der Waals surface area contributed by atoms with Gasteiger partial charge in [0.05, 0.1) is 5.75 Å². The molecule has 26 heavy (non-hydrogen) atoms. The number of hydrogen-bond acceptors (Lipinski definition) is 4. The summed E-state index contributed by atoms with van der Waals surface area (Å²) in [4.78, 5) is 24.6. The van der Waals surface area contributed by atoms with Crippen molar-refractivity contribution in [3.8, 4) is 0 Å². The number of hydrogen-bond donors (Lipinski definition) is 1. The quantitative estimate of drug-likeness (QED) is 0.535. The topological polar surface area (TPSA) is 55.4 Å². The van der Waals surface area contributed by atoms with Crippen LogP contribution in [0.15, 0.2) is 41.3 Å². The van der Waals surface area contributed by atoms with Crippen molar-refractivity contribution in [3.05, 3.63) is 63.1 Å². The van der Waals surface area contributed by atoms with Crippen LogP contribution in [0.5, 0.6) is 0 Å². The number of carbonyl (C=O) groups is 2. The standard InChI is InChI=1S/C19H19Cl2NO3S/c1-12-3-6-16(7-13(12)2)26-11-19(24)25-10-18(23)22-9-14-4-5-15(20)8-17(14)21/h3-8H,9-11H2,1-2H3,(H,22,23). The summed E-state index contributed by atoms with van der Waals surface area (Å²) in [5.41, 5.74) is 3.11. The molecule has 1 amide bonds. The van der Waals surface area contributed by atoms with E-state index < -0.39 is 5.97 Å². The minimum absolute atomic E-state index is 0.152. The van der Waals surface area contributed by atoms with Gasteiger partial charge in [0.25, 0.3) is 5.91 Å². The van der Waals surface area contributed by atoms with Gasteiger partial charge in [0, 0.05) is 21.5 Å². The third-order valence-corrected chi connectivity index (χ3v) is 5.24. The molecular formula is C19H19Cl2NO3S. The van der Waals surface area contributed by atoms with Crippen LogP contribution in [0.25, 0.3) is 0 Å². The average Bonchev–Trinajstić information content (AvgIpc) is 2.60. The lowest BCUT2D eigenvalue weighted by atomic mass is 10.1. The van der Waals surface area contributed by atoms with Crippen molar-refractivity contribution in [2.24, 2.45) is 0 Å². The Hall–Kier alpha value is -1.69. The summed E-state index contributed by atoms with van der Waals surface area (Å²) in [6, 6.07) is 11.0. The Kier molecular flexibility index (Phi) is 7.82. The summed E-state index contributed by atoms with van der Waals surface area (Å²) in [6.07, 6.45) is 0. The number of aryl methyl sites for hydroxylation is 2. The second-order valence-electron chi connectivity index (χ2n) is 5.71. The molecule has 2 aromatic rings. The lowest BCUT2D eigenvalue weighted by Crippen LogP contribution is -2.28. The number of ether oxygens (including phenoxy) is 1. The summed E-state index contributed by atoms with van der Waals surface area (Å²) in [6.45, 7) is 3.98. The Morgan fingerprint density at radius 1 is 1.08 bits per heavy atom. The molecule has 0 bridgehead atoms. The van der Waals surface area contributed by atoms with E-state index in [0.29, 0.717) is 10.0 Å². The number of nitrogens with one attached hydrogen (secondary N) is 1. The van der Waals surface area contributed by atoms with Crippen molar-refractivity contribution in [1.29, 1.82) is 0 Å². The number of thioether (sulfide) groups is 1. The van der Waals surface area contributed by atoms with Gasteiger partial charge < -0.3 is 10.1 Å². The zero-order chi connectivity index (χ0) is 19.1. The molecule has 0 aliphatic rings. The Morgan fingerprint density at radius 3 is 2.54 bits per heavy atom. The SMILES string of the molecule is Cc1ccc(SCC(=O)OCC(=O)NCc2ccc(Cl)cc2Cl)cc1C. The van der Waals surface area contributed by atoms with Crippen LogP contribution in [0.2, 0.25) is 10.0 Å². The number of esters is 1. The number of amides is 1. The first-order valence-electron chi connectivity index (χ1n) is 7.91. The molecule has 0 aromatic heterocycles. The largest absolute Gasteiger partial charge is 0.455 e. The van der Waals surface area contributed by atoms with Gasteiger partial charge in [-0.1, -0.05) is 35.3 Å². The van der Waals surface area contributed by atoms with E-state index in [2.05, 4.69) is 5.32 Å². The van der Waals surface area contributed by atoms with Crippen molar-refractivity contribution in [1.82, 2.24) is 5.32 Å². The summed E-state index contributed by atoms with van der Waals surface area (Å²) in [7, 11) is 0. The van der Waals surface area contributed by atoms with E-state index >= 15 is 0 Å². The molecule has 0 saturated carbocycles. The van der Waals surface area contributed by atoms with Crippen molar-refractivity contribution in [2.45, 2.75) is 25.3 Å². The summed E-state index contributed by atoms with van der Waals surface area (Å²) >= 11 is 13.2. The second kappa shape index (κ2) is 9.86. The van der Waals surface area contributed by atoms with Crippen LogP contribution in [0, 0.1) is 13.8 Å². The summed E-state index contributed by atoms with van der Waals surface area (Å²) < 4.78 is 4.99. The molecule has 2 aromatic carbocycles. The zero-order valence-corrected chi connectivity index (χ0v) is 16.8. The first kappa shape index (κ1) is 20.6. The molecule has 0 radical (unpaired) electrons. The summed E-state index contributed by atoms with van der Waals surface area (Å²) in [5.74, 6) is -0.674. The molecule has 7 heteroatoms. The predicted molar refractivity (Wildman–Crippen MR) is 106 cm³/mol. The van der Waals surface area contributed by atoms with Crippen molar-refractivity contribution in [3.63, 3.8) is 0 Å². The lowest BCUT2D eigenvalue weighted by molar-refractivity contribution is -0.145. The van der Waals surface area contributed by atoms with Gasteiger partial charge in [0.2, 0.25) is 0 Å². The van der Waals surface area contributed by atoms with Crippen molar-refractivity contribution in [2.75, 3.05) is 12.4 Å². The van der Waals surface area contributed by atoms with Gasteiger partial charge in [-0.25, -0.2) is 0 Å². The van der Waals surface area contributed by atoms with E-state index in [0.717, 1.165) is 10.5 Å². The maximum atomic E-state index is 11.8. The second-order valence-corrected chi connectivity index (χ2v) is 7.60. The van der Waals surface area contributed by atoms with Crippen LogP contribution in [-0.4, -0.2) is 24.2 Å². The molecule has 0 saturated heterocycles. The fraction of sp³-hybridized carbons (Fsp3) is 0.263. The summed E-state index contributed by atoms with van der Waals surface area (Å²) in [5, 5.41) is 3.65. The van der Waals surface area contributed by atoms with Gasteiger partial charge in [-0.15, -0.1) is 11.8 Å². The van der Waals surface area contributed by atoms with Gasteiger partial charge in [0.1, 0.15) is 0 Å². The van der Waals surface area contributed by atoms with Crippen LogP contribution >= 0.6 is 35.0 Å². The first-order chi connectivity index (χ1) is 12.3. The monoisotopic (exact) mass is 411 g/mol. The van der Waals surface area contributed by atoms with E-state index in [4.69, 9.17) is 27.9 Å². The van der Waals surface area contributed by atoms with E-state index in [1.54, 1.807) is 18.2 Å². The normalized spacial score (nSPS) is 10.5. The van der Waals surface area contributed by atoms with Gasteiger partial charge in [-0.05, 0) is 54.8 Å². The van der Waals surface area contributed by atoms with Gasteiger partial charge in [-0.3, -0.25) is 9.59 Å². The number of carbonyl (C=O) groups excluding carboxylic acids is 2. The molecule has 138 valence electrons. The molecular weight excluding hydrogens is 393 g/mol. The smallest absolute Gasteiger partial charge is 0.316 e. The lowest BCUT2D eigenvalue weighted by Gasteiger charge is -2.08. The van der Waals surface area contributed by atoms with Crippen LogP contribution in [0.3, 0.4) is 0 Å². The highest BCUT2D eigenvalue weighted by Gasteiger charge is 2.09. The van der Waals surface area contributed by atoms with Crippen LogP contribution in [0.4, 0.5) is 0 Å². The van der Waals surface area contributed by atoms with E-state index in [-0.39, 0.29) is 24.8 Å². The van der Waals surface area contributed by atoms with Crippen molar-refractivity contribution >= 4 is 46.8 Å². The zero-order valence-electron chi connectivity index (χ0n) is 14.5. The van der Waals surface area contributed by atoms with Gasteiger partial charge in [-0.2, -0.15) is 0 Å². The Morgan fingerprint density at radius 2 is 1.85 bits per heavy atom. The average molecular weight is 412 g/mol. The number of halogens is 2. The van der Waals surface area contributed by atoms with Crippen molar-refractivity contribution < 1.29 is 14.3 Å². The van der Waals surface area contributed by atoms with Crippen LogP contribution < -0.4 is 5.32 Å². The number of benzene rings is 2.